The quantitative estimate of drug-likeness (QED) is 0.739. The summed E-state index contributed by atoms with van der Waals surface area (Å²) >= 11 is 4.77. The zero-order chi connectivity index (χ0) is 10.1. The molecular weight excluding hydrogens is 194 g/mol. The molecule has 14 heavy (non-hydrogen) atoms. The largest absolute Gasteiger partial charge is 0.502 e. The van der Waals surface area contributed by atoms with Gasteiger partial charge < -0.3 is 10.1 Å². The Balaban J connectivity index is 2.58. The van der Waals surface area contributed by atoms with Gasteiger partial charge in [-0.25, -0.2) is 0 Å². The van der Waals surface area contributed by atoms with Gasteiger partial charge in [-0.15, -0.1) is 0 Å². The number of para-hydroxylation sites is 1. The highest BCUT2D eigenvalue weighted by Crippen LogP contribution is 2.25. The number of nitrogens with one attached hydrogen (secondary N) is 1. The number of aromatic amines is 1. The van der Waals surface area contributed by atoms with Crippen molar-refractivity contribution in [2.24, 2.45) is 0 Å². The molecule has 0 saturated heterocycles. The molecule has 0 amide bonds. The lowest BCUT2D eigenvalue weighted by molar-refractivity contribution is 0.540. The Kier molecular flexibility index (Phi) is 2.25. The molecule has 2 rings (SSSR count). The van der Waals surface area contributed by atoms with Crippen molar-refractivity contribution in [2.75, 3.05) is 0 Å². The van der Waals surface area contributed by atoms with E-state index < -0.39 is 0 Å². The van der Waals surface area contributed by atoms with Gasteiger partial charge in [0.15, 0.2) is 5.05 Å². The smallest absolute Gasteiger partial charge is 0.163 e. The number of H-pyrrole nitrogens is 1. The molecule has 3 heteroatoms. The molecular formula is C11H11NOS. The van der Waals surface area contributed by atoms with Crippen molar-refractivity contribution < 1.29 is 5.11 Å². The molecule has 2 N–H and O–H groups in total. The highest BCUT2D eigenvalue weighted by molar-refractivity contribution is 7.80. The second kappa shape index (κ2) is 3.42. The number of rotatable bonds is 2. The minimum atomic E-state index is -0.0962. The van der Waals surface area contributed by atoms with Gasteiger partial charge in [-0.05, 0) is 23.8 Å². The lowest BCUT2D eigenvalue weighted by Crippen LogP contribution is -2.03. The lowest BCUT2D eigenvalue weighted by atomic mass is 10.0. The molecule has 0 fully saturated rings. The van der Waals surface area contributed by atoms with Gasteiger partial charge >= 0.3 is 0 Å². The summed E-state index contributed by atoms with van der Waals surface area (Å²) in [6.07, 6.45) is 1.90. The molecule has 1 aromatic heterocycles. The van der Waals surface area contributed by atoms with Crippen LogP contribution in [0.4, 0.5) is 0 Å². The average molecular weight is 205 g/mol. The number of aromatic nitrogens is 1. The van der Waals surface area contributed by atoms with E-state index in [-0.39, 0.29) is 11.0 Å². The Morgan fingerprint density at radius 2 is 2.14 bits per heavy atom. The van der Waals surface area contributed by atoms with Crippen molar-refractivity contribution >= 4 is 28.2 Å². The predicted octanol–water partition coefficient (Wildman–Crippen LogP) is 3.16. The molecule has 1 heterocycles. The Labute approximate surface area is 87.6 Å². The summed E-state index contributed by atoms with van der Waals surface area (Å²) < 4.78 is 0. The lowest BCUT2D eigenvalue weighted by Gasteiger charge is -2.06. The zero-order valence-electron chi connectivity index (χ0n) is 7.82. The van der Waals surface area contributed by atoms with Crippen molar-refractivity contribution in [1.82, 2.24) is 4.98 Å². The van der Waals surface area contributed by atoms with E-state index >= 15 is 0 Å². The summed E-state index contributed by atoms with van der Waals surface area (Å²) in [6, 6.07) is 7.99. The van der Waals surface area contributed by atoms with Crippen LogP contribution >= 0.6 is 12.2 Å². The SMILES string of the molecule is CC(C(O)=S)c1c[nH]c2ccccc12. The average Bonchev–Trinajstić information content (AvgIpc) is 2.60. The van der Waals surface area contributed by atoms with E-state index in [2.05, 4.69) is 4.98 Å². The van der Waals surface area contributed by atoms with E-state index in [1.165, 1.54) is 0 Å². The summed E-state index contributed by atoms with van der Waals surface area (Å²) in [4.78, 5) is 3.15. The number of fused-ring (bicyclic) bond motifs is 1. The maximum absolute atomic E-state index is 9.27. The van der Waals surface area contributed by atoms with Crippen LogP contribution in [0.2, 0.25) is 0 Å². The first-order valence-electron chi connectivity index (χ1n) is 4.49. The molecule has 0 spiro atoms. The maximum atomic E-state index is 9.27. The molecule has 0 aliphatic rings. The van der Waals surface area contributed by atoms with Gasteiger partial charge in [-0.3, -0.25) is 0 Å². The summed E-state index contributed by atoms with van der Waals surface area (Å²) in [7, 11) is 0. The number of hydrogen-bond donors (Lipinski definition) is 2. The summed E-state index contributed by atoms with van der Waals surface area (Å²) in [5.74, 6) is -0.0962. The molecule has 1 unspecified atom stereocenters. The molecule has 2 aromatic rings. The van der Waals surface area contributed by atoms with E-state index in [4.69, 9.17) is 12.2 Å². The molecule has 0 aliphatic carbocycles. The number of benzene rings is 1. The van der Waals surface area contributed by atoms with Crippen molar-refractivity contribution in [3.05, 3.63) is 36.0 Å². The van der Waals surface area contributed by atoms with Crippen molar-refractivity contribution in [1.29, 1.82) is 0 Å². The van der Waals surface area contributed by atoms with E-state index in [9.17, 15) is 5.11 Å². The van der Waals surface area contributed by atoms with Crippen LogP contribution in [0.1, 0.15) is 18.4 Å². The molecule has 0 aliphatic heterocycles. The van der Waals surface area contributed by atoms with E-state index in [1.54, 1.807) is 0 Å². The second-order valence-corrected chi connectivity index (χ2v) is 3.77. The fraction of sp³-hybridized carbons (Fsp3) is 0.182. The first-order valence-corrected chi connectivity index (χ1v) is 4.90. The van der Waals surface area contributed by atoms with Crippen LogP contribution < -0.4 is 0 Å². The van der Waals surface area contributed by atoms with E-state index in [0.717, 1.165) is 16.5 Å². The Morgan fingerprint density at radius 3 is 2.86 bits per heavy atom. The monoisotopic (exact) mass is 205 g/mol. The zero-order valence-corrected chi connectivity index (χ0v) is 8.64. The third-order valence-electron chi connectivity index (χ3n) is 2.46. The van der Waals surface area contributed by atoms with Crippen LogP contribution in [0.25, 0.3) is 10.9 Å². The Bertz CT molecular complexity index is 475. The van der Waals surface area contributed by atoms with Gasteiger partial charge in [-0.2, -0.15) is 0 Å². The molecule has 2 nitrogen and oxygen atoms in total. The first-order chi connectivity index (χ1) is 6.70. The third kappa shape index (κ3) is 1.40. The normalized spacial score (nSPS) is 12.9. The maximum Gasteiger partial charge on any atom is 0.163 e. The summed E-state index contributed by atoms with van der Waals surface area (Å²) in [5, 5.41) is 10.4. The second-order valence-electron chi connectivity index (χ2n) is 3.35. The van der Waals surface area contributed by atoms with Gasteiger partial charge in [0.1, 0.15) is 0 Å². The molecule has 1 atom stereocenters. The molecule has 1 aromatic carbocycles. The van der Waals surface area contributed by atoms with Crippen LogP contribution in [0.3, 0.4) is 0 Å². The highest BCUT2D eigenvalue weighted by Gasteiger charge is 2.13. The molecule has 0 saturated carbocycles. The van der Waals surface area contributed by atoms with Crippen molar-refractivity contribution in [3.63, 3.8) is 0 Å². The van der Waals surface area contributed by atoms with Crippen LogP contribution in [0.5, 0.6) is 0 Å². The topological polar surface area (TPSA) is 36.0 Å². The number of aliphatic hydroxyl groups excluding tert-OH is 1. The van der Waals surface area contributed by atoms with Crippen molar-refractivity contribution in [3.8, 4) is 0 Å². The standard InChI is InChI=1S/C11H11NOS/c1-7(11(13)14)9-6-12-10-5-3-2-4-8(9)10/h2-7,12H,1H3,(H,13,14). The third-order valence-corrected chi connectivity index (χ3v) is 2.81. The van der Waals surface area contributed by atoms with Crippen LogP contribution in [-0.2, 0) is 0 Å². The molecule has 0 bridgehead atoms. The summed E-state index contributed by atoms with van der Waals surface area (Å²) in [5.41, 5.74) is 2.12. The van der Waals surface area contributed by atoms with Crippen LogP contribution in [0, 0.1) is 0 Å². The minimum Gasteiger partial charge on any atom is -0.502 e. The number of aliphatic hydroxyl groups is 1. The van der Waals surface area contributed by atoms with Crippen molar-refractivity contribution in [2.45, 2.75) is 12.8 Å². The van der Waals surface area contributed by atoms with E-state index in [0.29, 0.717) is 0 Å². The van der Waals surface area contributed by atoms with Gasteiger partial charge in [0, 0.05) is 17.1 Å². The summed E-state index contributed by atoms with van der Waals surface area (Å²) in [6.45, 7) is 1.90. The van der Waals surface area contributed by atoms with E-state index in [1.807, 2.05) is 37.4 Å². The fourth-order valence-corrected chi connectivity index (χ4v) is 1.71. The molecule has 72 valence electrons. The highest BCUT2D eigenvalue weighted by atomic mass is 32.1. The van der Waals surface area contributed by atoms with Crippen LogP contribution in [0.15, 0.2) is 30.5 Å². The fourth-order valence-electron chi connectivity index (χ4n) is 1.59. The van der Waals surface area contributed by atoms with Crippen LogP contribution in [-0.4, -0.2) is 15.1 Å². The van der Waals surface area contributed by atoms with Gasteiger partial charge in [0.25, 0.3) is 0 Å². The van der Waals surface area contributed by atoms with Gasteiger partial charge in [0.2, 0.25) is 0 Å². The predicted molar refractivity (Wildman–Crippen MR) is 61.9 cm³/mol. The number of hydrogen-bond acceptors (Lipinski definition) is 1. The minimum absolute atomic E-state index is 0.0368. The molecule has 0 radical (unpaired) electrons. The van der Waals surface area contributed by atoms with Gasteiger partial charge in [0.05, 0.1) is 5.92 Å². The first kappa shape index (κ1) is 9.21. The Morgan fingerprint density at radius 1 is 1.43 bits per heavy atom. The van der Waals surface area contributed by atoms with Gasteiger partial charge in [-0.1, -0.05) is 25.1 Å². The Hall–Kier alpha value is -1.35. The number of thiocarbonyl (C=S) groups is 1.